The largest absolute Gasteiger partial charge is 0.394 e. The van der Waals surface area contributed by atoms with Gasteiger partial charge in [0, 0.05) is 29.3 Å². The summed E-state index contributed by atoms with van der Waals surface area (Å²) in [5.74, 6) is 0.131. The molecule has 0 spiro atoms. The van der Waals surface area contributed by atoms with E-state index in [-0.39, 0.29) is 19.0 Å². The van der Waals surface area contributed by atoms with E-state index < -0.39 is 64.6 Å². The molecule has 2 saturated heterocycles. The topological polar surface area (TPSA) is 215 Å². The molecule has 2 fully saturated rings. The van der Waals surface area contributed by atoms with E-state index in [4.69, 9.17) is 25.4 Å². The van der Waals surface area contributed by atoms with Crippen molar-refractivity contribution in [3.63, 3.8) is 0 Å². The van der Waals surface area contributed by atoms with E-state index in [1.165, 1.54) is 33.7 Å². The maximum Gasteiger partial charge on any atom is 0.351 e. The summed E-state index contributed by atoms with van der Waals surface area (Å²) in [5, 5.41) is 38.3. The maximum atomic E-state index is 11.8. The van der Waals surface area contributed by atoms with Crippen LogP contribution in [0.2, 0.25) is 0 Å². The van der Waals surface area contributed by atoms with Gasteiger partial charge in [-0.15, -0.1) is 0 Å². The number of rotatable bonds is 4. The zero-order chi connectivity index (χ0) is 27.0. The number of aromatic nitrogens is 4. The van der Waals surface area contributed by atoms with E-state index in [2.05, 4.69) is 9.97 Å². The fourth-order valence-electron chi connectivity index (χ4n) is 4.43. The minimum atomic E-state index is -0.897. The Morgan fingerprint density at radius 2 is 1.39 bits per heavy atom. The van der Waals surface area contributed by atoms with Crippen molar-refractivity contribution in [2.75, 3.05) is 18.9 Å². The number of aliphatic hydroxyl groups is 4. The fourth-order valence-corrected chi connectivity index (χ4v) is 4.43. The van der Waals surface area contributed by atoms with Crippen LogP contribution in [0.5, 0.6) is 0 Å². The van der Waals surface area contributed by atoms with Crippen LogP contribution in [0.1, 0.15) is 40.2 Å². The van der Waals surface area contributed by atoms with Crippen molar-refractivity contribution >= 4 is 5.82 Å². The molecule has 2 aromatic rings. The molecule has 0 amide bonds. The first-order valence-electron chi connectivity index (χ1n) is 11.3. The summed E-state index contributed by atoms with van der Waals surface area (Å²) in [7, 11) is 0. The summed E-state index contributed by atoms with van der Waals surface area (Å²) in [5.41, 5.74) is 2.31. The van der Waals surface area contributed by atoms with Gasteiger partial charge in [0.1, 0.15) is 30.5 Å². The van der Waals surface area contributed by atoms with E-state index in [0.29, 0.717) is 0 Å². The van der Waals surface area contributed by atoms with Crippen LogP contribution in [-0.2, 0) is 9.47 Å². The van der Waals surface area contributed by atoms with Gasteiger partial charge < -0.3 is 35.6 Å². The number of nitrogen functional groups attached to an aromatic ring is 1. The number of aromatic amines is 1. The molecule has 36 heavy (non-hydrogen) atoms. The predicted molar refractivity (Wildman–Crippen MR) is 126 cm³/mol. The van der Waals surface area contributed by atoms with Crippen molar-refractivity contribution in [2.24, 2.45) is 10.8 Å². The molecule has 6 atom stereocenters. The van der Waals surface area contributed by atoms with Gasteiger partial charge in [-0.05, 0) is 6.07 Å². The first-order valence-corrected chi connectivity index (χ1v) is 11.3. The van der Waals surface area contributed by atoms with Gasteiger partial charge in [-0.2, -0.15) is 4.98 Å². The third kappa shape index (κ3) is 5.00. The van der Waals surface area contributed by atoms with E-state index >= 15 is 0 Å². The summed E-state index contributed by atoms with van der Waals surface area (Å²) < 4.78 is 13.5. The Balaban J connectivity index is 0.000000201. The van der Waals surface area contributed by atoms with Crippen LogP contribution in [-0.4, -0.2) is 77.2 Å². The monoisotopic (exact) mass is 511 g/mol. The van der Waals surface area contributed by atoms with Crippen molar-refractivity contribution in [2.45, 2.75) is 64.6 Å². The molecule has 14 heteroatoms. The quantitative estimate of drug-likeness (QED) is 0.262. The van der Waals surface area contributed by atoms with Crippen LogP contribution in [0, 0.1) is 10.8 Å². The second kappa shape index (κ2) is 10.2. The van der Waals surface area contributed by atoms with Gasteiger partial charge in [-0.25, -0.2) is 9.59 Å². The van der Waals surface area contributed by atoms with E-state index in [1.807, 2.05) is 0 Å². The number of nitrogens with two attached hydrogens (primary N) is 1. The van der Waals surface area contributed by atoms with Crippen LogP contribution in [0.15, 0.2) is 38.9 Å². The first-order chi connectivity index (χ1) is 16.7. The molecule has 2 aliphatic rings. The highest BCUT2D eigenvalue weighted by Gasteiger charge is 2.51. The molecular formula is C22H33N5O9. The summed E-state index contributed by atoms with van der Waals surface area (Å²) >= 11 is 0. The van der Waals surface area contributed by atoms with Gasteiger partial charge in [0.05, 0.1) is 25.4 Å². The smallest absolute Gasteiger partial charge is 0.351 e. The Morgan fingerprint density at radius 3 is 1.81 bits per heavy atom. The maximum absolute atomic E-state index is 11.8. The molecular weight excluding hydrogens is 478 g/mol. The lowest BCUT2D eigenvalue weighted by atomic mass is 9.84. The molecule has 14 nitrogen and oxygen atoms in total. The Bertz CT molecular complexity index is 1240. The highest BCUT2D eigenvalue weighted by atomic mass is 16.6. The van der Waals surface area contributed by atoms with E-state index in [1.54, 1.807) is 27.7 Å². The number of H-pyrrole nitrogens is 1. The molecule has 0 radical (unpaired) electrons. The zero-order valence-corrected chi connectivity index (χ0v) is 20.4. The molecule has 0 saturated carbocycles. The van der Waals surface area contributed by atoms with Crippen molar-refractivity contribution in [1.29, 1.82) is 0 Å². The Kier molecular flexibility index (Phi) is 7.88. The molecule has 0 bridgehead atoms. The van der Waals surface area contributed by atoms with Crippen molar-refractivity contribution in [3.05, 3.63) is 55.8 Å². The lowest BCUT2D eigenvalue weighted by molar-refractivity contribution is -0.0530. The zero-order valence-electron chi connectivity index (χ0n) is 20.4. The molecule has 0 aliphatic carbocycles. The molecule has 4 rings (SSSR count). The van der Waals surface area contributed by atoms with Gasteiger partial charge in [-0.3, -0.25) is 18.9 Å². The average molecular weight is 512 g/mol. The second-order valence-electron chi connectivity index (χ2n) is 10.0. The third-order valence-electron chi connectivity index (χ3n) is 6.68. The minimum Gasteiger partial charge on any atom is -0.394 e. The Labute approximate surface area is 205 Å². The first kappa shape index (κ1) is 27.7. The molecule has 2 aliphatic heterocycles. The molecule has 2 aromatic heterocycles. The second-order valence-corrected chi connectivity index (χ2v) is 10.0. The molecule has 0 aromatic carbocycles. The Morgan fingerprint density at radius 1 is 0.917 bits per heavy atom. The van der Waals surface area contributed by atoms with Gasteiger partial charge >= 0.3 is 11.4 Å². The van der Waals surface area contributed by atoms with Gasteiger partial charge in [0.15, 0.2) is 0 Å². The number of hydrogen-bond donors (Lipinski definition) is 6. The molecule has 200 valence electrons. The normalized spacial score (nSPS) is 30.6. The van der Waals surface area contributed by atoms with Crippen LogP contribution in [0.4, 0.5) is 5.82 Å². The van der Waals surface area contributed by atoms with Gasteiger partial charge in [0.2, 0.25) is 0 Å². The number of ether oxygens (including phenoxy) is 2. The van der Waals surface area contributed by atoms with Crippen LogP contribution >= 0.6 is 0 Å². The summed E-state index contributed by atoms with van der Waals surface area (Å²) in [6.07, 6.45) is -1.86. The SMILES string of the molecule is CC1(C)C(O)[C@@H](CO)O[C@H]1n1ccc(=O)[nH]c1=O.CC1(C)C(O)[C@@H](CO)O[C@H]1n1ccc(N)nc1=O. The molecule has 2 unspecified atom stereocenters. The predicted octanol–water partition coefficient (Wildman–Crippen LogP) is -2.08. The number of nitrogens with one attached hydrogen (secondary N) is 1. The standard InChI is InChI=1S/C11H17N3O4.C11H16N2O5/c1-11(2)8(16)6(5-15)18-9(11)14-4-3-7(12)13-10(14)17;1-11(2)8(16)6(5-14)18-9(11)13-4-3-7(15)12-10(13)17/h3-4,6,8-9,15-16H,5H2,1-2H3,(H2,12,13,17);3-4,6,8-9,14,16H,5H2,1-2H3,(H,12,15,17)/t2*6-,8?,9-/m11/s1. The summed E-state index contributed by atoms with van der Waals surface area (Å²) in [6.45, 7) is 6.35. The van der Waals surface area contributed by atoms with Crippen molar-refractivity contribution in [1.82, 2.24) is 19.1 Å². The number of nitrogens with zero attached hydrogens (tertiary/aromatic N) is 3. The van der Waals surface area contributed by atoms with Crippen molar-refractivity contribution < 1.29 is 29.9 Å². The number of aliphatic hydroxyl groups excluding tert-OH is 4. The Hall–Kier alpha value is -2.88. The van der Waals surface area contributed by atoms with E-state index in [9.17, 15) is 24.6 Å². The highest BCUT2D eigenvalue weighted by molar-refractivity contribution is 5.23. The van der Waals surface area contributed by atoms with Crippen molar-refractivity contribution in [3.8, 4) is 0 Å². The lowest BCUT2D eigenvalue weighted by Crippen LogP contribution is -2.39. The van der Waals surface area contributed by atoms with Gasteiger partial charge in [0.25, 0.3) is 5.56 Å². The lowest BCUT2D eigenvalue weighted by Gasteiger charge is -2.28. The third-order valence-corrected chi connectivity index (χ3v) is 6.68. The number of hydrogen-bond acceptors (Lipinski definition) is 11. The highest BCUT2D eigenvalue weighted by Crippen LogP contribution is 2.45. The van der Waals surface area contributed by atoms with Crippen LogP contribution < -0.4 is 22.7 Å². The summed E-state index contributed by atoms with van der Waals surface area (Å²) in [4.78, 5) is 40.2. The molecule has 4 heterocycles. The van der Waals surface area contributed by atoms with Gasteiger partial charge in [-0.1, -0.05) is 27.7 Å². The average Bonchev–Trinajstić information content (AvgIpc) is 3.17. The van der Waals surface area contributed by atoms with Crippen LogP contribution in [0.25, 0.3) is 0 Å². The van der Waals surface area contributed by atoms with Crippen LogP contribution in [0.3, 0.4) is 0 Å². The fraction of sp³-hybridized carbons (Fsp3) is 0.636. The van der Waals surface area contributed by atoms with E-state index in [0.717, 1.165) is 0 Å². The summed E-state index contributed by atoms with van der Waals surface area (Å²) in [6, 6.07) is 2.69. The minimum absolute atomic E-state index is 0.131. The molecule has 7 N–H and O–H groups in total. The number of anilines is 1.